The number of urea groups is 1. The minimum Gasteiger partial charge on any atom is -0.481 e. The summed E-state index contributed by atoms with van der Waals surface area (Å²) in [4.78, 5) is 27.7. The van der Waals surface area contributed by atoms with Gasteiger partial charge >= 0.3 is 18.2 Å². The van der Waals surface area contributed by atoms with E-state index < -0.39 is 23.7 Å². The SMILES string of the molecule is O=C(O)CCCNC(=O)NC1CCN(c2ncc(C(F)(F)F)cc2Cl)C1. The van der Waals surface area contributed by atoms with Crippen LogP contribution in [0.25, 0.3) is 0 Å². The van der Waals surface area contributed by atoms with Gasteiger partial charge in [0.05, 0.1) is 10.6 Å². The van der Waals surface area contributed by atoms with E-state index >= 15 is 0 Å². The minimum absolute atomic E-state index is 0.0322. The Morgan fingerprint density at radius 1 is 1.42 bits per heavy atom. The molecule has 7 nitrogen and oxygen atoms in total. The van der Waals surface area contributed by atoms with Gasteiger partial charge in [-0.25, -0.2) is 9.78 Å². The van der Waals surface area contributed by atoms with Crippen LogP contribution in [0, 0.1) is 0 Å². The molecule has 1 saturated heterocycles. The molecule has 0 aromatic carbocycles. The van der Waals surface area contributed by atoms with Crippen LogP contribution in [-0.2, 0) is 11.0 Å². The molecule has 0 bridgehead atoms. The number of carboxylic acids is 1. The fraction of sp³-hybridized carbons (Fsp3) is 0.533. The Morgan fingerprint density at radius 3 is 2.77 bits per heavy atom. The monoisotopic (exact) mass is 394 g/mol. The van der Waals surface area contributed by atoms with Gasteiger partial charge in [-0.15, -0.1) is 0 Å². The van der Waals surface area contributed by atoms with E-state index in [2.05, 4.69) is 15.6 Å². The van der Waals surface area contributed by atoms with Crippen molar-refractivity contribution in [1.29, 1.82) is 0 Å². The normalized spacial score (nSPS) is 17.2. The van der Waals surface area contributed by atoms with Crippen LogP contribution >= 0.6 is 11.6 Å². The number of carbonyl (C=O) groups excluding carboxylic acids is 1. The first-order valence-electron chi connectivity index (χ1n) is 7.90. The third-order valence-electron chi connectivity index (χ3n) is 3.83. The van der Waals surface area contributed by atoms with E-state index in [0.29, 0.717) is 25.9 Å². The molecule has 0 spiro atoms. The Balaban J connectivity index is 1.84. The Labute approximate surface area is 152 Å². The molecule has 0 aliphatic carbocycles. The number of alkyl halides is 3. The van der Waals surface area contributed by atoms with E-state index in [1.807, 2.05) is 0 Å². The molecule has 3 N–H and O–H groups in total. The number of hydrogen-bond donors (Lipinski definition) is 3. The summed E-state index contributed by atoms with van der Waals surface area (Å²) in [6.07, 6.45) is -2.90. The smallest absolute Gasteiger partial charge is 0.417 e. The highest BCUT2D eigenvalue weighted by molar-refractivity contribution is 6.33. The first-order valence-corrected chi connectivity index (χ1v) is 8.28. The Bertz CT molecular complexity index is 672. The van der Waals surface area contributed by atoms with Gasteiger partial charge in [0.1, 0.15) is 5.82 Å². The van der Waals surface area contributed by atoms with Crippen molar-refractivity contribution in [3.8, 4) is 0 Å². The number of carboxylic acid groups (broad SMARTS) is 1. The predicted molar refractivity (Wildman–Crippen MR) is 88.3 cm³/mol. The van der Waals surface area contributed by atoms with Crippen LogP contribution < -0.4 is 15.5 Å². The van der Waals surface area contributed by atoms with Gasteiger partial charge in [0.15, 0.2) is 0 Å². The van der Waals surface area contributed by atoms with E-state index in [9.17, 15) is 22.8 Å². The number of carbonyl (C=O) groups is 2. The number of halogens is 4. The van der Waals surface area contributed by atoms with Crippen LogP contribution in [0.3, 0.4) is 0 Å². The molecule has 11 heteroatoms. The summed E-state index contributed by atoms with van der Waals surface area (Å²) in [6, 6.07) is 0.197. The van der Waals surface area contributed by atoms with Crippen molar-refractivity contribution in [2.45, 2.75) is 31.5 Å². The molecule has 1 atom stereocenters. The van der Waals surface area contributed by atoms with Gasteiger partial charge in [-0.3, -0.25) is 4.79 Å². The zero-order valence-corrected chi connectivity index (χ0v) is 14.4. The molecule has 1 unspecified atom stereocenters. The maximum atomic E-state index is 12.7. The maximum Gasteiger partial charge on any atom is 0.417 e. The summed E-state index contributed by atoms with van der Waals surface area (Å²) in [5.41, 5.74) is -0.916. The number of anilines is 1. The summed E-state index contributed by atoms with van der Waals surface area (Å²) >= 11 is 5.93. The topological polar surface area (TPSA) is 94.6 Å². The molecule has 2 amide bonds. The van der Waals surface area contributed by atoms with Crippen LogP contribution in [0.2, 0.25) is 5.02 Å². The van der Waals surface area contributed by atoms with Crippen molar-refractivity contribution in [2.75, 3.05) is 24.5 Å². The third-order valence-corrected chi connectivity index (χ3v) is 4.10. The van der Waals surface area contributed by atoms with Gasteiger partial charge in [0.2, 0.25) is 0 Å². The van der Waals surface area contributed by atoms with E-state index in [0.717, 1.165) is 12.3 Å². The second-order valence-corrected chi connectivity index (χ2v) is 6.26. The molecule has 0 saturated carbocycles. The average Bonchev–Trinajstić information content (AvgIpc) is 2.98. The Kier molecular flexibility index (Phi) is 6.52. The van der Waals surface area contributed by atoms with Crippen LogP contribution in [0.1, 0.15) is 24.8 Å². The lowest BCUT2D eigenvalue weighted by Gasteiger charge is -2.20. The van der Waals surface area contributed by atoms with Crippen molar-refractivity contribution in [3.05, 3.63) is 22.8 Å². The minimum atomic E-state index is -4.51. The molecule has 26 heavy (non-hydrogen) atoms. The highest BCUT2D eigenvalue weighted by atomic mass is 35.5. The second-order valence-electron chi connectivity index (χ2n) is 5.86. The molecule has 1 aromatic heterocycles. The average molecular weight is 395 g/mol. The molecular weight excluding hydrogens is 377 g/mol. The molecular formula is C15H18ClF3N4O3. The van der Waals surface area contributed by atoms with Crippen LogP contribution in [0.5, 0.6) is 0 Å². The van der Waals surface area contributed by atoms with E-state index in [1.165, 1.54) is 0 Å². The van der Waals surface area contributed by atoms with Gasteiger partial charge < -0.3 is 20.6 Å². The second kappa shape index (κ2) is 8.43. The molecule has 1 fully saturated rings. The van der Waals surface area contributed by atoms with Gasteiger partial charge in [0, 0.05) is 38.3 Å². The lowest BCUT2D eigenvalue weighted by molar-refractivity contribution is -0.138. The summed E-state index contributed by atoms with van der Waals surface area (Å²) in [6.45, 7) is 1.09. The highest BCUT2D eigenvalue weighted by Crippen LogP contribution is 2.34. The summed E-state index contributed by atoms with van der Waals surface area (Å²) < 4.78 is 38.0. The molecule has 1 aliphatic rings. The lowest BCUT2D eigenvalue weighted by atomic mass is 10.2. The first-order chi connectivity index (χ1) is 12.2. The fourth-order valence-corrected chi connectivity index (χ4v) is 2.85. The molecule has 2 heterocycles. The number of aliphatic carboxylic acids is 1. The van der Waals surface area contributed by atoms with Gasteiger partial charge in [0.25, 0.3) is 0 Å². The Hall–Kier alpha value is -2.23. The summed E-state index contributed by atoms with van der Waals surface area (Å²) in [7, 11) is 0. The van der Waals surface area contributed by atoms with Crippen molar-refractivity contribution >= 4 is 29.4 Å². The molecule has 2 rings (SSSR count). The number of pyridine rings is 1. The number of nitrogens with zero attached hydrogens (tertiary/aromatic N) is 2. The zero-order chi connectivity index (χ0) is 19.3. The number of hydrogen-bond acceptors (Lipinski definition) is 4. The van der Waals surface area contributed by atoms with Crippen LogP contribution in [0.4, 0.5) is 23.8 Å². The number of aromatic nitrogens is 1. The van der Waals surface area contributed by atoms with Crippen molar-refractivity contribution in [1.82, 2.24) is 15.6 Å². The zero-order valence-electron chi connectivity index (χ0n) is 13.6. The number of amides is 2. The third kappa shape index (κ3) is 5.65. The predicted octanol–water partition coefficient (Wildman–Crippen LogP) is 2.50. The van der Waals surface area contributed by atoms with Crippen LogP contribution in [-0.4, -0.2) is 47.8 Å². The molecule has 144 valence electrons. The van der Waals surface area contributed by atoms with Gasteiger partial charge in [-0.2, -0.15) is 13.2 Å². The maximum absolute atomic E-state index is 12.7. The standard InChI is InChI=1S/C15H18ClF3N4O3/c16-11-6-9(15(17,18)19)7-21-13(11)23-5-3-10(8-23)22-14(26)20-4-1-2-12(24)25/h6-7,10H,1-5,8H2,(H,24,25)(H2,20,22,26). The largest absolute Gasteiger partial charge is 0.481 e. The molecule has 1 aromatic rings. The Morgan fingerprint density at radius 2 is 2.15 bits per heavy atom. The molecule has 1 aliphatic heterocycles. The van der Waals surface area contributed by atoms with E-state index in [4.69, 9.17) is 16.7 Å². The van der Waals surface area contributed by atoms with Gasteiger partial charge in [-0.1, -0.05) is 11.6 Å². The first kappa shape index (κ1) is 20.1. The van der Waals surface area contributed by atoms with Crippen molar-refractivity contribution in [3.63, 3.8) is 0 Å². The summed E-state index contributed by atoms with van der Waals surface area (Å²) in [5, 5.41) is 13.7. The van der Waals surface area contributed by atoms with Crippen molar-refractivity contribution in [2.24, 2.45) is 0 Å². The summed E-state index contributed by atoms with van der Waals surface area (Å²) in [5.74, 6) is -0.689. The van der Waals surface area contributed by atoms with E-state index in [1.54, 1.807) is 4.90 Å². The lowest BCUT2D eigenvalue weighted by Crippen LogP contribution is -2.43. The molecule has 0 radical (unpaired) electrons. The number of nitrogens with one attached hydrogen (secondary N) is 2. The highest BCUT2D eigenvalue weighted by Gasteiger charge is 2.33. The quantitative estimate of drug-likeness (QED) is 0.644. The van der Waals surface area contributed by atoms with Gasteiger partial charge in [-0.05, 0) is 18.9 Å². The fourth-order valence-electron chi connectivity index (χ4n) is 2.57. The van der Waals surface area contributed by atoms with E-state index in [-0.39, 0.29) is 29.8 Å². The van der Waals surface area contributed by atoms with Crippen molar-refractivity contribution < 1.29 is 27.9 Å². The van der Waals surface area contributed by atoms with Crippen LogP contribution in [0.15, 0.2) is 12.3 Å². The number of rotatable bonds is 6.